The number of carbonyl (C=O) groups is 1. The molecular formula is C32H39F5O5. The van der Waals surface area contributed by atoms with Crippen molar-refractivity contribution in [1.82, 2.24) is 0 Å². The van der Waals surface area contributed by atoms with Crippen molar-refractivity contribution in [2.45, 2.75) is 107 Å². The molecule has 0 amide bonds. The molecule has 0 aromatic heterocycles. The van der Waals surface area contributed by atoms with Crippen molar-refractivity contribution in [1.29, 1.82) is 0 Å². The Hall–Kier alpha value is -1.88. The van der Waals surface area contributed by atoms with Gasteiger partial charge in [-0.05, 0) is 67.6 Å². The number of hydrogen-bond donors (Lipinski definition) is 2. The third-order valence-electron chi connectivity index (χ3n) is 11.3. The number of aliphatic hydroxyl groups is 2. The predicted octanol–water partition coefficient (Wildman–Crippen LogP) is 6.72. The molecule has 5 aliphatic rings. The van der Waals surface area contributed by atoms with Gasteiger partial charge in [0.25, 0.3) is 0 Å². The predicted molar refractivity (Wildman–Crippen MR) is 143 cm³/mol. The fourth-order valence-electron chi connectivity index (χ4n) is 9.18. The molecule has 5 nitrogen and oxygen atoms in total. The molecular weight excluding hydrogens is 559 g/mol. The van der Waals surface area contributed by atoms with E-state index >= 15 is 0 Å². The normalized spacial score (nSPS) is 39.4. The average molecular weight is 599 g/mol. The van der Waals surface area contributed by atoms with Gasteiger partial charge in [0.15, 0.2) is 5.79 Å². The highest BCUT2D eigenvalue weighted by atomic mass is 19.4. The highest BCUT2D eigenvalue weighted by Crippen LogP contribution is 2.70. The number of fused-ring (bicyclic) bond motifs is 4. The van der Waals surface area contributed by atoms with Crippen molar-refractivity contribution < 1.29 is 46.4 Å². The number of alkyl halides is 5. The first kappa shape index (κ1) is 30.2. The second kappa shape index (κ2) is 9.31. The fourth-order valence-corrected chi connectivity index (χ4v) is 9.18. The van der Waals surface area contributed by atoms with Crippen LogP contribution in [0.25, 0.3) is 0 Å². The van der Waals surface area contributed by atoms with Crippen LogP contribution in [0.5, 0.6) is 0 Å². The van der Waals surface area contributed by atoms with E-state index in [0.717, 1.165) is 23.0 Å². The second-order valence-corrected chi connectivity index (χ2v) is 14.5. The standard InChI is InChI=1S/C32H39F5O5/c1-26(2)17-41-29(42-18-26)14-23(20-6-4-5-19(13-20)15-38)25-22-7-10-27(3)24(21(22)8-11-28(25,39)16-29)9-12-30(27,40)31(33,34)32(35,36)37/h4-6,13,15,21,23-24,39-40H,7-12,14,16-18H2,1-3H3/t21-,23?,24+,27+,28-,30+/m1/s1. The molecule has 4 aliphatic carbocycles. The van der Waals surface area contributed by atoms with Gasteiger partial charge in [0, 0.05) is 35.2 Å². The molecule has 6 rings (SSSR count). The Bertz CT molecular complexity index is 1300. The van der Waals surface area contributed by atoms with Crippen molar-refractivity contribution in [2.24, 2.45) is 22.7 Å². The summed E-state index contributed by atoms with van der Waals surface area (Å²) in [7, 11) is 0. The smallest absolute Gasteiger partial charge is 0.385 e. The molecule has 0 bridgehead atoms. The lowest BCUT2D eigenvalue weighted by molar-refractivity contribution is -0.362. The zero-order valence-electron chi connectivity index (χ0n) is 24.2. The van der Waals surface area contributed by atoms with Crippen LogP contribution in [-0.4, -0.2) is 58.8 Å². The highest BCUT2D eigenvalue weighted by Gasteiger charge is 2.78. The molecule has 1 aromatic carbocycles. The van der Waals surface area contributed by atoms with E-state index in [2.05, 4.69) is 0 Å². The summed E-state index contributed by atoms with van der Waals surface area (Å²) in [5.41, 5.74) is -3.51. The summed E-state index contributed by atoms with van der Waals surface area (Å²) in [6.45, 7) is 6.32. The van der Waals surface area contributed by atoms with Crippen LogP contribution >= 0.6 is 0 Å². The second-order valence-electron chi connectivity index (χ2n) is 14.5. The molecule has 1 spiro atoms. The van der Waals surface area contributed by atoms with Gasteiger partial charge >= 0.3 is 12.1 Å². The van der Waals surface area contributed by atoms with Crippen LogP contribution in [0, 0.1) is 22.7 Å². The molecule has 2 N–H and O–H groups in total. The third kappa shape index (κ3) is 4.18. The van der Waals surface area contributed by atoms with E-state index in [0.29, 0.717) is 31.6 Å². The van der Waals surface area contributed by atoms with Gasteiger partial charge < -0.3 is 19.7 Å². The van der Waals surface area contributed by atoms with Crippen molar-refractivity contribution in [3.8, 4) is 0 Å². The zero-order valence-corrected chi connectivity index (χ0v) is 24.2. The molecule has 1 saturated heterocycles. The summed E-state index contributed by atoms with van der Waals surface area (Å²) in [4.78, 5) is 11.7. The topological polar surface area (TPSA) is 76.0 Å². The minimum absolute atomic E-state index is 0.0368. The Morgan fingerprint density at radius 1 is 0.976 bits per heavy atom. The minimum atomic E-state index is -5.87. The maximum atomic E-state index is 14.9. The molecule has 10 heteroatoms. The summed E-state index contributed by atoms with van der Waals surface area (Å²) in [5.74, 6) is -7.67. The van der Waals surface area contributed by atoms with Gasteiger partial charge in [-0.3, -0.25) is 4.79 Å². The van der Waals surface area contributed by atoms with E-state index in [1.165, 1.54) is 6.92 Å². The van der Waals surface area contributed by atoms with Gasteiger partial charge in [0.2, 0.25) is 0 Å². The zero-order chi connectivity index (χ0) is 30.6. The Morgan fingerprint density at radius 3 is 2.31 bits per heavy atom. The van der Waals surface area contributed by atoms with Crippen molar-refractivity contribution in [3.05, 3.63) is 46.5 Å². The Balaban J connectivity index is 1.44. The summed E-state index contributed by atoms with van der Waals surface area (Å²) in [6, 6.07) is 7.11. The van der Waals surface area contributed by atoms with Gasteiger partial charge in [-0.25, -0.2) is 0 Å². The van der Waals surface area contributed by atoms with Gasteiger partial charge in [-0.15, -0.1) is 0 Å². The molecule has 42 heavy (non-hydrogen) atoms. The number of ether oxygens (including phenoxy) is 2. The first-order chi connectivity index (χ1) is 19.4. The van der Waals surface area contributed by atoms with Crippen molar-refractivity contribution in [3.63, 3.8) is 0 Å². The maximum absolute atomic E-state index is 14.9. The van der Waals surface area contributed by atoms with Crippen LogP contribution in [0.4, 0.5) is 22.0 Å². The first-order valence-corrected chi connectivity index (χ1v) is 14.9. The number of hydrogen-bond acceptors (Lipinski definition) is 5. The Morgan fingerprint density at radius 2 is 1.67 bits per heavy atom. The molecule has 3 saturated carbocycles. The monoisotopic (exact) mass is 598 g/mol. The molecule has 1 unspecified atom stereocenters. The van der Waals surface area contributed by atoms with Crippen LogP contribution in [0.3, 0.4) is 0 Å². The van der Waals surface area contributed by atoms with E-state index in [1.54, 1.807) is 18.2 Å². The summed E-state index contributed by atoms with van der Waals surface area (Å²) in [6.07, 6.45) is -4.38. The molecule has 0 radical (unpaired) electrons. The Labute approximate surface area is 242 Å². The van der Waals surface area contributed by atoms with Crippen molar-refractivity contribution >= 4 is 6.29 Å². The lowest BCUT2D eigenvalue weighted by atomic mass is 9.51. The van der Waals surface area contributed by atoms with Crippen LogP contribution < -0.4 is 0 Å². The van der Waals surface area contributed by atoms with Gasteiger partial charge in [-0.2, -0.15) is 22.0 Å². The number of allylic oxidation sites excluding steroid dienone is 1. The van der Waals surface area contributed by atoms with Crippen LogP contribution in [-0.2, 0) is 9.47 Å². The van der Waals surface area contributed by atoms with Crippen LogP contribution in [0.15, 0.2) is 35.4 Å². The lowest BCUT2D eigenvalue weighted by Gasteiger charge is -2.59. The van der Waals surface area contributed by atoms with Crippen LogP contribution in [0.1, 0.15) is 94.0 Å². The van der Waals surface area contributed by atoms with Gasteiger partial charge in [0.05, 0.1) is 18.8 Å². The van der Waals surface area contributed by atoms with Crippen LogP contribution in [0.2, 0.25) is 0 Å². The number of halogens is 5. The first-order valence-electron chi connectivity index (χ1n) is 14.9. The van der Waals surface area contributed by atoms with E-state index < -0.39 is 52.8 Å². The SMILES string of the molecule is CC1(C)COC2(CC(c3cccc(C=O)c3)C3=C4CC[C@@]5(C)[C@@H](CC[C@@]5(O)C(F)(F)C(F)(F)F)[C@@H]4CC[C@@]3(O)C2)OC1. The van der Waals surface area contributed by atoms with E-state index in [-0.39, 0.29) is 43.4 Å². The molecule has 6 atom stereocenters. The third-order valence-corrected chi connectivity index (χ3v) is 11.3. The largest absolute Gasteiger partial charge is 0.456 e. The quantitative estimate of drug-likeness (QED) is 0.230. The molecule has 4 fully saturated rings. The highest BCUT2D eigenvalue weighted by molar-refractivity contribution is 5.75. The molecule has 1 aliphatic heterocycles. The number of carbonyl (C=O) groups excluding carboxylic acids is 1. The van der Waals surface area contributed by atoms with Gasteiger partial charge in [0.1, 0.15) is 11.9 Å². The minimum Gasteiger partial charge on any atom is -0.385 e. The van der Waals surface area contributed by atoms with Gasteiger partial charge in [-0.1, -0.05) is 44.5 Å². The molecule has 232 valence electrons. The van der Waals surface area contributed by atoms with Crippen molar-refractivity contribution in [2.75, 3.05) is 13.2 Å². The molecule has 1 heterocycles. The lowest BCUT2D eigenvalue weighted by Crippen LogP contribution is -2.65. The summed E-state index contributed by atoms with van der Waals surface area (Å²) < 4.78 is 83.3. The number of aldehydes is 1. The Kier molecular flexibility index (Phi) is 6.69. The van der Waals surface area contributed by atoms with E-state index in [9.17, 15) is 37.0 Å². The summed E-state index contributed by atoms with van der Waals surface area (Å²) >= 11 is 0. The maximum Gasteiger partial charge on any atom is 0.456 e. The van der Waals surface area contributed by atoms with E-state index in [4.69, 9.17) is 9.47 Å². The number of benzene rings is 1. The number of rotatable bonds is 3. The fraction of sp³-hybridized carbons (Fsp3) is 0.719. The molecule has 1 aromatic rings. The van der Waals surface area contributed by atoms with E-state index in [1.807, 2.05) is 19.9 Å². The summed E-state index contributed by atoms with van der Waals surface area (Å²) in [5, 5.41) is 23.6. The average Bonchev–Trinajstić information content (AvgIpc) is 3.21.